The maximum atomic E-state index is 11.9. The molecule has 0 fully saturated rings. The minimum absolute atomic E-state index is 0.0808. The highest BCUT2D eigenvalue weighted by Crippen LogP contribution is 2.14. The second kappa shape index (κ2) is 7.93. The number of carbonyl (C=O) groups is 1. The van der Waals surface area contributed by atoms with E-state index in [1.54, 1.807) is 0 Å². The summed E-state index contributed by atoms with van der Waals surface area (Å²) in [6.45, 7) is 1.28. The lowest BCUT2D eigenvalue weighted by Crippen LogP contribution is -2.36. The molecule has 0 saturated heterocycles. The average molecular weight is 304 g/mol. The lowest BCUT2D eigenvalue weighted by Gasteiger charge is -2.17. The maximum Gasteiger partial charge on any atom is 0.234 e. The van der Waals surface area contributed by atoms with E-state index in [-0.39, 0.29) is 12.5 Å². The van der Waals surface area contributed by atoms with Crippen LogP contribution in [0.3, 0.4) is 0 Å². The van der Waals surface area contributed by atoms with Crippen molar-refractivity contribution in [2.45, 2.75) is 12.6 Å². The van der Waals surface area contributed by atoms with Gasteiger partial charge in [-0.3, -0.25) is 9.69 Å². The summed E-state index contributed by atoms with van der Waals surface area (Å²) in [6.07, 6.45) is -0.639. The molecule has 4 nitrogen and oxygen atoms in total. The Morgan fingerprint density at radius 2 is 2.10 bits per heavy atom. The lowest BCUT2D eigenvalue weighted by molar-refractivity contribution is -0.122. The van der Waals surface area contributed by atoms with Gasteiger partial charge in [-0.05, 0) is 35.0 Å². The van der Waals surface area contributed by atoms with Crippen molar-refractivity contribution in [1.82, 2.24) is 10.2 Å². The zero-order chi connectivity index (χ0) is 15.1. The van der Waals surface area contributed by atoms with Gasteiger partial charge in [-0.1, -0.05) is 30.3 Å². The predicted octanol–water partition coefficient (Wildman–Crippen LogP) is 2.03. The molecule has 2 aromatic rings. The zero-order valence-electron chi connectivity index (χ0n) is 12.0. The van der Waals surface area contributed by atoms with Crippen LogP contribution in [-0.2, 0) is 11.3 Å². The molecule has 0 aliphatic carbocycles. The van der Waals surface area contributed by atoms with Gasteiger partial charge in [0.1, 0.15) is 0 Å². The number of likely N-dealkylation sites (N-methyl/N-ethyl adjacent to an activating group) is 1. The fourth-order valence-electron chi connectivity index (χ4n) is 2.05. The molecular weight excluding hydrogens is 284 g/mol. The Morgan fingerprint density at radius 3 is 2.76 bits per heavy atom. The van der Waals surface area contributed by atoms with Gasteiger partial charge in [-0.25, -0.2) is 0 Å². The number of hydrogen-bond donors (Lipinski definition) is 2. The van der Waals surface area contributed by atoms with E-state index >= 15 is 0 Å². The molecule has 0 spiro atoms. The fourth-order valence-corrected chi connectivity index (χ4v) is 2.75. The van der Waals surface area contributed by atoms with Gasteiger partial charge >= 0.3 is 0 Å². The van der Waals surface area contributed by atoms with E-state index in [4.69, 9.17) is 0 Å². The Bertz CT molecular complexity index is 543. The number of nitrogens with one attached hydrogen (secondary N) is 1. The van der Waals surface area contributed by atoms with Crippen LogP contribution in [-0.4, -0.2) is 36.1 Å². The predicted molar refractivity (Wildman–Crippen MR) is 85.1 cm³/mol. The second-order valence-electron chi connectivity index (χ2n) is 5.03. The van der Waals surface area contributed by atoms with Crippen LogP contribution in [0.2, 0.25) is 0 Å². The molecule has 2 rings (SSSR count). The Balaban J connectivity index is 1.71. The molecule has 0 bridgehead atoms. The molecule has 2 N–H and O–H groups in total. The highest BCUT2D eigenvalue weighted by molar-refractivity contribution is 7.07. The molecule has 1 unspecified atom stereocenters. The Hall–Kier alpha value is -1.69. The third-order valence-corrected chi connectivity index (χ3v) is 3.83. The summed E-state index contributed by atoms with van der Waals surface area (Å²) >= 11 is 1.53. The van der Waals surface area contributed by atoms with Crippen LogP contribution in [0, 0.1) is 0 Å². The molecule has 1 aromatic heterocycles. The Labute approximate surface area is 129 Å². The van der Waals surface area contributed by atoms with E-state index < -0.39 is 6.10 Å². The Kier molecular flexibility index (Phi) is 5.92. The van der Waals surface area contributed by atoms with Gasteiger partial charge < -0.3 is 10.4 Å². The highest BCUT2D eigenvalue weighted by Gasteiger charge is 2.11. The van der Waals surface area contributed by atoms with Crippen LogP contribution >= 0.6 is 11.3 Å². The first-order valence-corrected chi connectivity index (χ1v) is 7.79. The van der Waals surface area contributed by atoms with Crippen LogP contribution in [0.5, 0.6) is 0 Å². The molecule has 1 heterocycles. The molecule has 112 valence electrons. The minimum atomic E-state index is -0.639. The first-order chi connectivity index (χ1) is 10.1. The number of amides is 1. The van der Waals surface area contributed by atoms with E-state index in [1.807, 2.05) is 59.1 Å². The number of rotatable bonds is 7. The molecule has 0 aliphatic rings. The van der Waals surface area contributed by atoms with Gasteiger partial charge in [-0.15, -0.1) is 0 Å². The van der Waals surface area contributed by atoms with Crippen LogP contribution in [0.15, 0.2) is 47.2 Å². The summed E-state index contributed by atoms with van der Waals surface area (Å²) in [5.74, 6) is -0.0808. The van der Waals surface area contributed by atoms with Crippen molar-refractivity contribution < 1.29 is 9.90 Å². The van der Waals surface area contributed by atoms with Crippen molar-refractivity contribution in [3.8, 4) is 0 Å². The molecule has 1 aromatic carbocycles. The smallest absolute Gasteiger partial charge is 0.234 e. The number of carbonyl (C=O) groups excluding carboxylic acids is 1. The van der Waals surface area contributed by atoms with Crippen molar-refractivity contribution in [2.75, 3.05) is 20.1 Å². The third kappa shape index (κ3) is 5.30. The maximum absolute atomic E-state index is 11.9. The standard InChI is InChI=1S/C16H20N2O2S/c1-18(10-13-5-3-2-4-6-13)11-16(20)17-9-15(19)14-7-8-21-12-14/h2-8,12,15,19H,9-11H2,1H3,(H,17,20). The lowest BCUT2D eigenvalue weighted by atomic mass is 10.2. The summed E-state index contributed by atoms with van der Waals surface area (Å²) in [5.41, 5.74) is 2.02. The summed E-state index contributed by atoms with van der Waals surface area (Å²) < 4.78 is 0. The van der Waals surface area contributed by atoms with Gasteiger partial charge in [0.05, 0.1) is 12.6 Å². The SMILES string of the molecule is CN(CC(=O)NCC(O)c1ccsc1)Cc1ccccc1. The number of nitrogens with zero attached hydrogens (tertiary/aromatic N) is 1. The quantitative estimate of drug-likeness (QED) is 0.823. The largest absolute Gasteiger partial charge is 0.387 e. The van der Waals surface area contributed by atoms with Crippen molar-refractivity contribution in [3.05, 3.63) is 58.3 Å². The first kappa shape index (κ1) is 15.7. The van der Waals surface area contributed by atoms with Crippen molar-refractivity contribution in [1.29, 1.82) is 0 Å². The average Bonchev–Trinajstić information content (AvgIpc) is 3.00. The van der Waals surface area contributed by atoms with Gasteiger partial charge in [0.15, 0.2) is 0 Å². The van der Waals surface area contributed by atoms with Crippen LogP contribution < -0.4 is 5.32 Å². The second-order valence-corrected chi connectivity index (χ2v) is 5.81. The van der Waals surface area contributed by atoms with E-state index in [9.17, 15) is 9.90 Å². The fraction of sp³-hybridized carbons (Fsp3) is 0.312. The number of aliphatic hydroxyl groups is 1. The summed E-state index contributed by atoms with van der Waals surface area (Å²) in [6, 6.07) is 11.9. The zero-order valence-corrected chi connectivity index (χ0v) is 12.8. The first-order valence-electron chi connectivity index (χ1n) is 6.84. The molecule has 0 saturated carbocycles. The number of hydrogen-bond acceptors (Lipinski definition) is 4. The van der Waals surface area contributed by atoms with Gasteiger partial charge in [-0.2, -0.15) is 11.3 Å². The van der Waals surface area contributed by atoms with Crippen LogP contribution in [0.4, 0.5) is 0 Å². The summed E-state index contributed by atoms with van der Waals surface area (Å²) in [4.78, 5) is 13.8. The molecule has 0 radical (unpaired) electrons. The van der Waals surface area contributed by atoms with Crippen molar-refractivity contribution in [3.63, 3.8) is 0 Å². The highest BCUT2D eigenvalue weighted by atomic mass is 32.1. The van der Waals surface area contributed by atoms with Gasteiger partial charge in [0.25, 0.3) is 0 Å². The molecule has 1 amide bonds. The number of aliphatic hydroxyl groups excluding tert-OH is 1. The monoisotopic (exact) mass is 304 g/mol. The summed E-state index contributed by atoms with van der Waals surface area (Å²) in [7, 11) is 1.90. The van der Waals surface area contributed by atoms with Gasteiger partial charge in [0.2, 0.25) is 5.91 Å². The third-order valence-electron chi connectivity index (χ3n) is 3.13. The van der Waals surface area contributed by atoms with Crippen molar-refractivity contribution in [2.24, 2.45) is 0 Å². The molecule has 1 atom stereocenters. The molecule has 5 heteroatoms. The number of benzene rings is 1. The van der Waals surface area contributed by atoms with E-state index in [0.717, 1.165) is 12.1 Å². The molecule has 0 aliphatic heterocycles. The Morgan fingerprint density at radius 1 is 1.33 bits per heavy atom. The van der Waals surface area contributed by atoms with Crippen molar-refractivity contribution >= 4 is 17.2 Å². The normalized spacial score (nSPS) is 12.3. The van der Waals surface area contributed by atoms with E-state index in [2.05, 4.69) is 5.32 Å². The minimum Gasteiger partial charge on any atom is -0.387 e. The van der Waals surface area contributed by atoms with Gasteiger partial charge in [0, 0.05) is 13.1 Å². The molecular formula is C16H20N2O2S. The topological polar surface area (TPSA) is 52.6 Å². The van der Waals surface area contributed by atoms with Crippen LogP contribution in [0.1, 0.15) is 17.2 Å². The van der Waals surface area contributed by atoms with E-state index in [0.29, 0.717) is 6.54 Å². The van der Waals surface area contributed by atoms with Crippen LogP contribution in [0.25, 0.3) is 0 Å². The molecule has 21 heavy (non-hydrogen) atoms. The summed E-state index contributed by atoms with van der Waals surface area (Å²) in [5, 5.41) is 16.5. The van der Waals surface area contributed by atoms with E-state index in [1.165, 1.54) is 16.9 Å². The number of thiophene rings is 1.